The summed E-state index contributed by atoms with van der Waals surface area (Å²) in [6.45, 7) is 6.52. The summed E-state index contributed by atoms with van der Waals surface area (Å²) in [5.41, 5.74) is 1.47. The van der Waals surface area contributed by atoms with Gasteiger partial charge in [0, 0.05) is 0 Å². The molecule has 0 aliphatic carbocycles. The topological polar surface area (TPSA) is 9.23 Å². The van der Waals surface area contributed by atoms with Crippen LogP contribution in [0.25, 0.3) is 0 Å². The molecule has 0 atom stereocenters. The van der Waals surface area contributed by atoms with E-state index in [1.165, 1.54) is 5.56 Å². The quantitative estimate of drug-likeness (QED) is 0.616. The Morgan fingerprint density at radius 3 is 1.92 bits per heavy atom. The minimum absolute atomic E-state index is 0.188. The molecule has 1 nitrogen and oxygen atoms in total. The summed E-state index contributed by atoms with van der Waals surface area (Å²) >= 11 is 0. The van der Waals surface area contributed by atoms with Gasteiger partial charge in [-0.05, 0) is 23.1 Å². The van der Waals surface area contributed by atoms with Gasteiger partial charge in [0.25, 0.3) is 0 Å². The van der Waals surface area contributed by atoms with Crippen LogP contribution in [0.1, 0.15) is 26.3 Å². The first-order valence-electron chi connectivity index (χ1n) is 4.01. The van der Waals surface area contributed by atoms with Crippen LogP contribution in [-0.2, 0) is 5.41 Å². The highest BCUT2D eigenvalue weighted by molar-refractivity contribution is 5.30. The van der Waals surface area contributed by atoms with Gasteiger partial charge in [-0.2, -0.15) is 0 Å². The Morgan fingerprint density at radius 2 is 1.58 bits per heavy atom. The van der Waals surface area contributed by atoms with Crippen LogP contribution >= 0.6 is 0 Å². The molecule has 1 rings (SSSR count). The van der Waals surface area contributed by atoms with Gasteiger partial charge in [0.05, 0.1) is 0 Å². The van der Waals surface area contributed by atoms with Crippen LogP contribution in [0.5, 0.6) is 5.75 Å². The molecule has 0 aliphatic rings. The Hall–Kier alpha value is -0.980. The minimum atomic E-state index is 0.188. The van der Waals surface area contributed by atoms with E-state index in [1.54, 1.807) is 0 Å². The third-order valence-electron chi connectivity index (χ3n) is 1.86. The van der Waals surface area contributed by atoms with Gasteiger partial charge in [0.2, 0.25) is 0 Å². The van der Waals surface area contributed by atoms with Crippen molar-refractivity contribution >= 4 is 0 Å². The molecular weight excluding hydrogens is 148 g/mol. The Balaban J connectivity index is 2.93. The number of ether oxygens (including phenoxy) is 1. The summed E-state index contributed by atoms with van der Waals surface area (Å²) in [6, 6.07) is 7.81. The summed E-state index contributed by atoms with van der Waals surface area (Å²) in [6.07, 6.45) is 0. The second kappa shape index (κ2) is 3.18. The van der Waals surface area contributed by atoms with Crippen molar-refractivity contribution in [1.29, 1.82) is 0 Å². The van der Waals surface area contributed by atoms with E-state index in [0.29, 0.717) is 5.75 Å². The number of rotatable bonds is 1. The standard InChI is InChI=1S/C11H14O/c1-11(2,3)9-5-7-10(12-4)8-6-9/h4-8H,1-3H3. The van der Waals surface area contributed by atoms with E-state index in [-0.39, 0.29) is 5.41 Å². The molecule has 1 aromatic carbocycles. The maximum atomic E-state index is 5.01. The van der Waals surface area contributed by atoms with Crippen LogP contribution in [0.4, 0.5) is 0 Å². The average molecular weight is 162 g/mol. The zero-order chi connectivity index (χ0) is 9.19. The first kappa shape index (κ1) is 9.11. The van der Waals surface area contributed by atoms with Crippen molar-refractivity contribution in [1.82, 2.24) is 0 Å². The summed E-state index contributed by atoms with van der Waals surface area (Å²) in [5, 5.41) is 0. The lowest BCUT2D eigenvalue weighted by Gasteiger charge is -2.18. The molecule has 0 spiro atoms. The van der Waals surface area contributed by atoms with Gasteiger partial charge >= 0.3 is 0 Å². The number of hydrogen-bond acceptors (Lipinski definition) is 1. The van der Waals surface area contributed by atoms with Crippen LogP contribution in [0.2, 0.25) is 0 Å². The Kier molecular flexibility index (Phi) is 2.41. The van der Waals surface area contributed by atoms with E-state index in [4.69, 9.17) is 7.11 Å². The van der Waals surface area contributed by atoms with E-state index in [2.05, 4.69) is 25.5 Å². The summed E-state index contributed by atoms with van der Waals surface area (Å²) in [5.74, 6) is 0.697. The fraction of sp³-hybridized carbons (Fsp3) is 0.364. The highest BCUT2D eigenvalue weighted by Crippen LogP contribution is 2.23. The van der Waals surface area contributed by atoms with Crippen molar-refractivity contribution in [3.05, 3.63) is 36.9 Å². The Labute approximate surface area is 74.4 Å². The molecule has 1 heteroatoms. The molecule has 0 N–H and O–H groups in total. The molecular formula is C11H14O. The molecule has 0 saturated carbocycles. The van der Waals surface area contributed by atoms with Crippen molar-refractivity contribution in [2.45, 2.75) is 26.2 Å². The smallest absolute Gasteiger partial charge is 0.180 e. The molecule has 64 valence electrons. The van der Waals surface area contributed by atoms with Crippen LogP contribution in [0.15, 0.2) is 24.3 Å². The lowest BCUT2D eigenvalue weighted by atomic mass is 9.87. The SMILES string of the molecule is [CH]Oc1ccc(C(C)(C)C)cc1. The normalized spacial score (nSPS) is 11.3. The van der Waals surface area contributed by atoms with Gasteiger partial charge < -0.3 is 4.74 Å². The van der Waals surface area contributed by atoms with Crippen LogP contribution in [-0.4, -0.2) is 0 Å². The molecule has 0 heterocycles. The zero-order valence-electron chi connectivity index (χ0n) is 7.79. The van der Waals surface area contributed by atoms with Gasteiger partial charge in [0.1, 0.15) is 5.75 Å². The number of hydrogen-bond donors (Lipinski definition) is 0. The maximum absolute atomic E-state index is 5.01. The van der Waals surface area contributed by atoms with E-state index >= 15 is 0 Å². The van der Waals surface area contributed by atoms with Crippen LogP contribution in [0.3, 0.4) is 0 Å². The molecule has 0 saturated heterocycles. The predicted octanol–water partition coefficient (Wildman–Crippen LogP) is 3.03. The van der Waals surface area contributed by atoms with E-state index in [1.807, 2.05) is 24.3 Å². The third kappa shape index (κ3) is 2.00. The van der Waals surface area contributed by atoms with Crippen molar-refractivity contribution in [2.24, 2.45) is 0 Å². The molecule has 2 radical (unpaired) electrons. The minimum Gasteiger partial charge on any atom is -0.482 e. The molecule has 0 aliphatic heterocycles. The summed E-state index contributed by atoms with van der Waals surface area (Å²) < 4.78 is 4.58. The highest BCUT2D eigenvalue weighted by atomic mass is 16.5. The van der Waals surface area contributed by atoms with Gasteiger partial charge in [-0.3, -0.25) is 0 Å². The molecule has 0 fully saturated rings. The summed E-state index contributed by atoms with van der Waals surface area (Å²) in [4.78, 5) is 0. The molecule has 0 bridgehead atoms. The van der Waals surface area contributed by atoms with Gasteiger partial charge in [0.15, 0.2) is 7.11 Å². The van der Waals surface area contributed by atoms with Gasteiger partial charge in [-0.1, -0.05) is 32.9 Å². The van der Waals surface area contributed by atoms with Crippen molar-refractivity contribution < 1.29 is 4.74 Å². The monoisotopic (exact) mass is 162 g/mol. The molecule has 0 aromatic heterocycles. The molecule has 1 aromatic rings. The van der Waals surface area contributed by atoms with Crippen molar-refractivity contribution in [3.63, 3.8) is 0 Å². The van der Waals surface area contributed by atoms with Gasteiger partial charge in [-0.15, -0.1) is 0 Å². The lowest BCUT2D eigenvalue weighted by Crippen LogP contribution is -2.10. The Morgan fingerprint density at radius 1 is 1.08 bits per heavy atom. The molecule has 12 heavy (non-hydrogen) atoms. The Bertz CT molecular complexity index is 241. The predicted molar refractivity (Wildman–Crippen MR) is 50.1 cm³/mol. The highest BCUT2D eigenvalue weighted by Gasteiger charge is 2.12. The second-order valence-electron chi connectivity index (χ2n) is 3.89. The van der Waals surface area contributed by atoms with E-state index in [9.17, 15) is 0 Å². The molecule has 0 amide bonds. The fourth-order valence-corrected chi connectivity index (χ4v) is 1.03. The van der Waals surface area contributed by atoms with Crippen molar-refractivity contribution in [2.75, 3.05) is 0 Å². The summed E-state index contributed by atoms with van der Waals surface area (Å²) in [7, 11) is 5.01. The lowest BCUT2D eigenvalue weighted by molar-refractivity contribution is 0.472. The van der Waals surface area contributed by atoms with Crippen molar-refractivity contribution in [3.8, 4) is 5.75 Å². The van der Waals surface area contributed by atoms with Crippen LogP contribution in [0, 0.1) is 7.11 Å². The molecule has 0 unspecified atom stereocenters. The maximum Gasteiger partial charge on any atom is 0.180 e. The van der Waals surface area contributed by atoms with Gasteiger partial charge in [-0.25, -0.2) is 0 Å². The first-order valence-corrected chi connectivity index (χ1v) is 4.01. The van der Waals surface area contributed by atoms with E-state index in [0.717, 1.165) is 0 Å². The van der Waals surface area contributed by atoms with Crippen LogP contribution < -0.4 is 4.74 Å². The fourth-order valence-electron chi connectivity index (χ4n) is 1.03. The zero-order valence-corrected chi connectivity index (χ0v) is 7.79. The number of benzene rings is 1. The second-order valence-corrected chi connectivity index (χ2v) is 3.89. The average Bonchev–Trinajstić information content (AvgIpc) is 2.03. The largest absolute Gasteiger partial charge is 0.482 e. The first-order chi connectivity index (χ1) is 5.54. The third-order valence-corrected chi connectivity index (χ3v) is 1.86. The van der Waals surface area contributed by atoms with E-state index < -0.39 is 0 Å².